The molecule has 192 valence electrons. The molecule has 0 aliphatic carbocycles. The summed E-state index contributed by atoms with van der Waals surface area (Å²) in [5.74, 6) is -0.841. The van der Waals surface area contributed by atoms with Gasteiger partial charge in [0.15, 0.2) is 0 Å². The topological polar surface area (TPSA) is 86.8 Å². The second-order valence-electron chi connectivity index (χ2n) is 8.26. The van der Waals surface area contributed by atoms with Crippen LogP contribution in [0.4, 0.5) is 5.69 Å². The Labute approximate surface area is 222 Å². The third kappa shape index (κ3) is 8.27. The molecule has 0 bridgehead atoms. The molecule has 2 atom stereocenters. The third-order valence-electron chi connectivity index (χ3n) is 5.52. The van der Waals surface area contributed by atoms with Gasteiger partial charge in [-0.3, -0.25) is 13.9 Å². The van der Waals surface area contributed by atoms with E-state index in [2.05, 4.69) is 5.32 Å². The van der Waals surface area contributed by atoms with Gasteiger partial charge in [-0.25, -0.2) is 8.42 Å². The van der Waals surface area contributed by atoms with Crippen LogP contribution >= 0.6 is 34.8 Å². The van der Waals surface area contributed by atoms with Crippen molar-refractivity contribution in [2.75, 3.05) is 17.1 Å². The number of carbonyl (C=O) groups is 2. The monoisotopic (exact) mass is 561 g/mol. The molecule has 1 N–H and O–H groups in total. The van der Waals surface area contributed by atoms with Crippen LogP contribution in [0.3, 0.4) is 0 Å². The molecule has 0 spiro atoms. The zero-order valence-corrected chi connectivity index (χ0v) is 23.2. The molecule has 0 aliphatic heterocycles. The Morgan fingerprint density at radius 2 is 1.60 bits per heavy atom. The predicted octanol–water partition coefficient (Wildman–Crippen LogP) is 5.13. The Balaban J connectivity index is 2.45. The number of rotatable bonds is 11. The summed E-state index contributed by atoms with van der Waals surface area (Å²) in [7, 11) is -3.86. The summed E-state index contributed by atoms with van der Waals surface area (Å²) < 4.78 is 26.2. The number of anilines is 1. The fourth-order valence-electron chi connectivity index (χ4n) is 3.40. The highest BCUT2D eigenvalue weighted by atomic mass is 35.5. The van der Waals surface area contributed by atoms with Crippen LogP contribution in [0, 0.1) is 0 Å². The average Bonchev–Trinajstić information content (AvgIpc) is 2.79. The Kier molecular flexibility index (Phi) is 10.7. The molecule has 2 amide bonds. The molecule has 0 saturated heterocycles. The molecule has 0 aromatic heterocycles. The van der Waals surface area contributed by atoms with Crippen molar-refractivity contribution in [1.29, 1.82) is 0 Å². The second kappa shape index (κ2) is 12.8. The van der Waals surface area contributed by atoms with Gasteiger partial charge in [-0.15, -0.1) is 0 Å². The van der Waals surface area contributed by atoms with Crippen LogP contribution < -0.4 is 9.62 Å². The summed E-state index contributed by atoms with van der Waals surface area (Å²) in [6.07, 6.45) is 2.07. The number of benzene rings is 2. The summed E-state index contributed by atoms with van der Waals surface area (Å²) in [6, 6.07) is 10.3. The zero-order chi connectivity index (χ0) is 26.3. The maximum absolute atomic E-state index is 13.6. The van der Waals surface area contributed by atoms with Crippen LogP contribution in [0.25, 0.3) is 0 Å². The lowest BCUT2D eigenvalue weighted by Crippen LogP contribution is -2.53. The van der Waals surface area contributed by atoms with Gasteiger partial charge in [0.1, 0.15) is 12.6 Å². The van der Waals surface area contributed by atoms with Gasteiger partial charge >= 0.3 is 0 Å². The molecule has 35 heavy (non-hydrogen) atoms. The highest BCUT2D eigenvalue weighted by Gasteiger charge is 2.32. The first-order valence-electron chi connectivity index (χ1n) is 11.1. The van der Waals surface area contributed by atoms with E-state index < -0.39 is 28.5 Å². The normalized spacial score (nSPS) is 13.1. The summed E-state index contributed by atoms with van der Waals surface area (Å²) in [5, 5.41) is 3.87. The first kappa shape index (κ1) is 29.2. The summed E-state index contributed by atoms with van der Waals surface area (Å²) in [6.45, 7) is 5.21. The van der Waals surface area contributed by atoms with Crippen molar-refractivity contribution in [1.82, 2.24) is 10.2 Å². The fourth-order valence-corrected chi connectivity index (χ4v) is 4.66. The van der Waals surface area contributed by atoms with Crippen molar-refractivity contribution >= 4 is 62.3 Å². The summed E-state index contributed by atoms with van der Waals surface area (Å²) >= 11 is 18.1. The number of nitrogens with one attached hydrogen (secondary N) is 1. The van der Waals surface area contributed by atoms with Crippen molar-refractivity contribution in [2.24, 2.45) is 0 Å². The summed E-state index contributed by atoms with van der Waals surface area (Å²) in [4.78, 5) is 28.1. The molecular formula is C24H30Cl3N3O4S. The highest BCUT2D eigenvalue weighted by molar-refractivity contribution is 7.92. The Morgan fingerprint density at radius 1 is 0.971 bits per heavy atom. The standard InChI is InChI=1S/C24H30Cl3N3O4S/c1-5-16(3)28-24(32)22(6-2)29(14-17-7-9-18(25)10-8-17)23(31)15-30(35(4,33)34)19-11-12-20(26)21(27)13-19/h7-13,16,22H,5-6,14-15H2,1-4H3,(H,28,32)/t16-,22-/m0/s1. The van der Waals surface area contributed by atoms with Crippen molar-refractivity contribution in [3.8, 4) is 0 Å². The lowest BCUT2D eigenvalue weighted by atomic mass is 10.1. The predicted molar refractivity (Wildman–Crippen MR) is 143 cm³/mol. The Bertz CT molecular complexity index is 1140. The van der Waals surface area contributed by atoms with E-state index in [-0.39, 0.29) is 34.2 Å². The first-order valence-corrected chi connectivity index (χ1v) is 14.1. The molecule has 0 fully saturated rings. The van der Waals surface area contributed by atoms with E-state index in [4.69, 9.17) is 34.8 Å². The minimum atomic E-state index is -3.86. The lowest BCUT2D eigenvalue weighted by Gasteiger charge is -2.33. The first-order chi connectivity index (χ1) is 16.4. The summed E-state index contributed by atoms with van der Waals surface area (Å²) in [5.41, 5.74) is 0.941. The van der Waals surface area contributed by atoms with Crippen LogP contribution in [-0.4, -0.2) is 50.0 Å². The fraction of sp³-hybridized carbons (Fsp3) is 0.417. The van der Waals surface area contributed by atoms with Gasteiger partial charge in [0.2, 0.25) is 21.8 Å². The van der Waals surface area contributed by atoms with E-state index in [0.29, 0.717) is 11.4 Å². The number of carbonyl (C=O) groups excluding carboxylic acids is 2. The highest BCUT2D eigenvalue weighted by Crippen LogP contribution is 2.28. The lowest BCUT2D eigenvalue weighted by molar-refractivity contribution is -0.140. The maximum Gasteiger partial charge on any atom is 0.244 e. The molecule has 11 heteroatoms. The van der Waals surface area contributed by atoms with Gasteiger partial charge in [0.25, 0.3) is 0 Å². The van der Waals surface area contributed by atoms with Crippen molar-refractivity contribution in [3.63, 3.8) is 0 Å². The second-order valence-corrected chi connectivity index (χ2v) is 11.4. The molecule has 0 radical (unpaired) electrons. The molecule has 7 nitrogen and oxygen atoms in total. The molecule has 0 unspecified atom stereocenters. The van der Waals surface area contributed by atoms with Gasteiger partial charge in [-0.2, -0.15) is 0 Å². The minimum Gasteiger partial charge on any atom is -0.352 e. The largest absolute Gasteiger partial charge is 0.352 e. The van der Waals surface area contributed by atoms with Crippen molar-refractivity contribution < 1.29 is 18.0 Å². The quantitative estimate of drug-likeness (QED) is 0.411. The van der Waals surface area contributed by atoms with Gasteiger partial charge in [-0.1, -0.05) is 60.8 Å². The van der Waals surface area contributed by atoms with Crippen LogP contribution in [0.2, 0.25) is 15.1 Å². The van der Waals surface area contributed by atoms with Gasteiger partial charge in [0, 0.05) is 17.6 Å². The van der Waals surface area contributed by atoms with Crippen LogP contribution in [0.15, 0.2) is 42.5 Å². The van der Waals surface area contributed by atoms with E-state index in [0.717, 1.165) is 22.5 Å². The van der Waals surface area contributed by atoms with Gasteiger partial charge in [-0.05, 0) is 55.7 Å². The third-order valence-corrected chi connectivity index (χ3v) is 7.66. The maximum atomic E-state index is 13.6. The molecule has 0 heterocycles. The van der Waals surface area contributed by atoms with Gasteiger partial charge in [0.05, 0.1) is 22.0 Å². The molecular weight excluding hydrogens is 533 g/mol. The number of sulfonamides is 1. The van der Waals surface area contributed by atoms with E-state index in [1.54, 1.807) is 31.2 Å². The Hall–Kier alpha value is -2.00. The minimum absolute atomic E-state index is 0.0761. The number of halogens is 3. The van der Waals surface area contributed by atoms with E-state index >= 15 is 0 Å². The smallest absolute Gasteiger partial charge is 0.244 e. The van der Waals surface area contributed by atoms with Crippen LogP contribution in [0.1, 0.15) is 39.2 Å². The SMILES string of the molecule is CC[C@H](C)NC(=O)[C@H](CC)N(Cc1ccc(Cl)cc1)C(=O)CN(c1ccc(Cl)c(Cl)c1)S(C)(=O)=O. The van der Waals surface area contributed by atoms with Crippen LogP contribution in [0.5, 0.6) is 0 Å². The van der Waals surface area contributed by atoms with Gasteiger partial charge < -0.3 is 10.2 Å². The number of hydrogen-bond acceptors (Lipinski definition) is 4. The average molecular weight is 563 g/mol. The van der Waals surface area contributed by atoms with Crippen molar-refractivity contribution in [2.45, 2.75) is 52.2 Å². The zero-order valence-electron chi connectivity index (χ0n) is 20.1. The molecule has 2 aromatic rings. The molecule has 2 aromatic carbocycles. The number of amides is 2. The van der Waals surface area contributed by atoms with E-state index in [9.17, 15) is 18.0 Å². The number of hydrogen-bond donors (Lipinski definition) is 1. The molecule has 0 aliphatic rings. The van der Waals surface area contributed by atoms with E-state index in [1.165, 1.54) is 23.1 Å². The Morgan fingerprint density at radius 3 is 2.11 bits per heavy atom. The van der Waals surface area contributed by atoms with E-state index in [1.807, 2.05) is 13.8 Å². The van der Waals surface area contributed by atoms with Crippen molar-refractivity contribution in [3.05, 3.63) is 63.1 Å². The van der Waals surface area contributed by atoms with Crippen LogP contribution in [-0.2, 0) is 26.2 Å². The molecule has 2 rings (SSSR count). The molecule has 0 saturated carbocycles. The number of nitrogens with zero attached hydrogens (tertiary/aromatic N) is 2.